The van der Waals surface area contributed by atoms with E-state index in [1.165, 1.54) is 0 Å². The molecule has 0 aliphatic heterocycles. The highest BCUT2D eigenvalue weighted by molar-refractivity contribution is 6.34. The van der Waals surface area contributed by atoms with Crippen LogP contribution in [0.5, 0.6) is 0 Å². The molecule has 0 heterocycles. The van der Waals surface area contributed by atoms with Crippen LogP contribution in [-0.2, 0) is 4.79 Å². The van der Waals surface area contributed by atoms with Crippen LogP contribution < -0.4 is 10.6 Å². The lowest BCUT2D eigenvalue weighted by atomic mass is 10.1. The molecule has 19 heavy (non-hydrogen) atoms. The van der Waals surface area contributed by atoms with E-state index in [1.54, 1.807) is 0 Å². The number of aryl methyl sites for hydroxylation is 2. The zero-order chi connectivity index (χ0) is 14.4. The van der Waals surface area contributed by atoms with Crippen molar-refractivity contribution in [3.8, 4) is 0 Å². The normalized spacial score (nSPS) is 10.8. The standard InChI is InChI=1S/C15H23ClN2O/c1-10(2)5-6-17-9-14(19)18-15-12(4)7-11(3)8-13(15)16/h7-8,10,17H,5-6,9H2,1-4H3,(H,18,19). The van der Waals surface area contributed by atoms with Crippen molar-refractivity contribution in [2.75, 3.05) is 18.4 Å². The van der Waals surface area contributed by atoms with Crippen LogP contribution in [0, 0.1) is 19.8 Å². The first-order valence-electron chi connectivity index (χ1n) is 6.67. The fourth-order valence-corrected chi connectivity index (χ4v) is 2.22. The molecule has 106 valence electrons. The second-order valence-corrected chi connectivity index (χ2v) is 5.75. The summed E-state index contributed by atoms with van der Waals surface area (Å²) < 4.78 is 0. The molecule has 0 aliphatic rings. The average Bonchev–Trinajstić information content (AvgIpc) is 2.29. The molecule has 0 saturated carbocycles. The fraction of sp³-hybridized carbons (Fsp3) is 0.533. The first kappa shape index (κ1) is 16.0. The average molecular weight is 283 g/mol. The summed E-state index contributed by atoms with van der Waals surface area (Å²) in [6, 6.07) is 3.87. The van der Waals surface area contributed by atoms with E-state index in [0.29, 0.717) is 23.2 Å². The van der Waals surface area contributed by atoms with Crippen molar-refractivity contribution in [3.63, 3.8) is 0 Å². The maximum atomic E-state index is 11.8. The van der Waals surface area contributed by atoms with Crippen LogP contribution in [0.2, 0.25) is 5.02 Å². The van der Waals surface area contributed by atoms with Gasteiger partial charge in [-0.15, -0.1) is 0 Å². The number of hydrogen-bond donors (Lipinski definition) is 2. The predicted octanol–water partition coefficient (Wildman–Crippen LogP) is 3.53. The Hall–Kier alpha value is -1.06. The van der Waals surface area contributed by atoms with E-state index < -0.39 is 0 Å². The number of carbonyl (C=O) groups excluding carboxylic acids is 1. The lowest BCUT2D eigenvalue weighted by molar-refractivity contribution is -0.115. The summed E-state index contributed by atoms with van der Waals surface area (Å²) in [4.78, 5) is 11.8. The molecule has 1 rings (SSSR count). The zero-order valence-corrected chi connectivity index (χ0v) is 12.9. The van der Waals surface area contributed by atoms with Crippen LogP contribution in [0.1, 0.15) is 31.4 Å². The minimum absolute atomic E-state index is 0.0578. The molecule has 1 amide bonds. The topological polar surface area (TPSA) is 41.1 Å². The molecule has 1 aromatic rings. The van der Waals surface area contributed by atoms with Gasteiger partial charge < -0.3 is 10.6 Å². The van der Waals surface area contributed by atoms with Gasteiger partial charge in [-0.25, -0.2) is 0 Å². The van der Waals surface area contributed by atoms with Gasteiger partial charge in [-0.3, -0.25) is 4.79 Å². The van der Waals surface area contributed by atoms with Gasteiger partial charge in [0.15, 0.2) is 0 Å². The monoisotopic (exact) mass is 282 g/mol. The van der Waals surface area contributed by atoms with Crippen molar-refractivity contribution in [2.45, 2.75) is 34.1 Å². The molecule has 0 unspecified atom stereocenters. The third kappa shape index (κ3) is 5.62. The zero-order valence-electron chi connectivity index (χ0n) is 12.1. The SMILES string of the molecule is Cc1cc(C)c(NC(=O)CNCCC(C)C)c(Cl)c1. The Bertz CT molecular complexity index is 421. The minimum atomic E-state index is -0.0578. The molecular formula is C15H23ClN2O. The molecule has 0 aliphatic carbocycles. The fourth-order valence-electron chi connectivity index (χ4n) is 1.85. The summed E-state index contributed by atoms with van der Waals surface area (Å²) in [6.45, 7) is 9.43. The highest BCUT2D eigenvalue weighted by Crippen LogP contribution is 2.27. The van der Waals surface area contributed by atoms with E-state index in [9.17, 15) is 4.79 Å². The van der Waals surface area contributed by atoms with Gasteiger partial charge in [-0.1, -0.05) is 31.5 Å². The third-order valence-electron chi connectivity index (χ3n) is 2.88. The van der Waals surface area contributed by atoms with Crippen LogP contribution in [0.25, 0.3) is 0 Å². The predicted molar refractivity (Wildman–Crippen MR) is 81.9 cm³/mol. The summed E-state index contributed by atoms with van der Waals surface area (Å²) in [5.74, 6) is 0.585. The summed E-state index contributed by atoms with van der Waals surface area (Å²) >= 11 is 6.15. The Morgan fingerprint density at radius 3 is 2.58 bits per heavy atom. The lowest BCUT2D eigenvalue weighted by Crippen LogP contribution is -2.29. The number of nitrogens with one attached hydrogen (secondary N) is 2. The van der Waals surface area contributed by atoms with Gasteiger partial charge >= 0.3 is 0 Å². The molecule has 0 atom stereocenters. The Labute approximate surface area is 120 Å². The van der Waals surface area contributed by atoms with E-state index in [2.05, 4.69) is 24.5 Å². The van der Waals surface area contributed by atoms with E-state index in [-0.39, 0.29) is 5.91 Å². The maximum Gasteiger partial charge on any atom is 0.238 e. The number of halogens is 1. The summed E-state index contributed by atoms with van der Waals surface area (Å²) in [7, 11) is 0. The van der Waals surface area contributed by atoms with Gasteiger partial charge in [0.1, 0.15) is 0 Å². The Morgan fingerprint density at radius 2 is 2.00 bits per heavy atom. The molecule has 0 saturated heterocycles. The van der Waals surface area contributed by atoms with E-state index in [1.807, 2.05) is 26.0 Å². The van der Waals surface area contributed by atoms with E-state index in [4.69, 9.17) is 11.6 Å². The summed E-state index contributed by atoms with van der Waals surface area (Å²) in [5, 5.41) is 6.58. The highest BCUT2D eigenvalue weighted by Gasteiger charge is 2.09. The van der Waals surface area contributed by atoms with Gasteiger partial charge in [0.25, 0.3) is 0 Å². The largest absolute Gasteiger partial charge is 0.323 e. The first-order valence-corrected chi connectivity index (χ1v) is 7.05. The first-order chi connectivity index (χ1) is 8.90. The van der Waals surface area contributed by atoms with Crippen LogP contribution in [0.15, 0.2) is 12.1 Å². The number of anilines is 1. The molecule has 4 heteroatoms. The number of benzene rings is 1. The minimum Gasteiger partial charge on any atom is -0.323 e. The van der Waals surface area contributed by atoms with Gasteiger partial charge in [-0.05, 0) is 49.9 Å². The van der Waals surface area contributed by atoms with E-state index >= 15 is 0 Å². The van der Waals surface area contributed by atoms with Crippen LogP contribution >= 0.6 is 11.6 Å². The number of amides is 1. The third-order valence-corrected chi connectivity index (χ3v) is 3.18. The maximum absolute atomic E-state index is 11.8. The molecule has 0 radical (unpaired) electrons. The molecule has 0 spiro atoms. The number of rotatable bonds is 6. The Morgan fingerprint density at radius 1 is 1.32 bits per heavy atom. The van der Waals surface area contributed by atoms with Crippen molar-refractivity contribution in [1.82, 2.24) is 5.32 Å². The summed E-state index contributed by atoms with van der Waals surface area (Å²) in [5.41, 5.74) is 2.79. The quantitative estimate of drug-likeness (QED) is 0.784. The van der Waals surface area contributed by atoms with E-state index in [0.717, 1.165) is 24.1 Å². The van der Waals surface area contributed by atoms with Gasteiger partial charge in [0.2, 0.25) is 5.91 Å². The smallest absolute Gasteiger partial charge is 0.238 e. The number of carbonyl (C=O) groups is 1. The second kappa shape index (κ2) is 7.51. The molecule has 0 fully saturated rings. The van der Waals surface area contributed by atoms with Crippen molar-refractivity contribution >= 4 is 23.2 Å². The summed E-state index contributed by atoms with van der Waals surface area (Å²) in [6.07, 6.45) is 1.07. The van der Waals surface area contributed by atoms with Crippen molar-refractivity contribution in [1.29, 1.82) is 0 Å². The van der Waals surface area contributed by atoms with Gasteiger partial charge in [0, 0.05) is 0 Å². The molecule has 0 bridgehead atoms. The van der Waals surface area contributed by atoms with Crippen LogP contribution in [0.4, 0.5) is 5.69 Å². The van der Waals surface area contributed by atoms with Crippen molar-refractivity contribution < 1.29 is 4.79 Å². The van der Waals surface area contributed by atoms with Crippen molar-refractivity contribution in [3.05, 3.63) is 28.3 Å². The Kier molecular flexibility index (Phi) is 6.32. The molecule has 1 aromatic carbocycles. The highest BCUT2D eigenvalue weighted by atomic mass is 35.5. The number of hydrogen-bond acceptors (Lipinski definition) is 2. The molecule has 2 N–H and O–H groups in total. The molecular weight excluding hydrogens is 260 g/mol. The van der Waals surface area contributed by atoms with Crippen molar-refractivity contribution in [2.24, 2.45) is 5.92 Å². The molecule has 3 nitrogen and oxygen atoms in total. The Balaban J connectivity index is 2.49. The van der Waals surface area contributed by atoms with Gasteiger partial charge in [-0.2, -0.15) is 0 Å². The van der Waals surface area contributed by atoms with Crippen LogP contribution in [0.3, 0.4) is 0 Å². The van der Waals surface area contributed by atoms with Crippen LogP contribution in [-0.4, -0.2) is 19.0 Å². The lowest BCUT2D eigenvalue weighted by Gasteiger charge is -2.12. The second-order valence-electron chi connectivity index (χ2n) is 5.35. The van der Waals surface area contributed by atoms with Gasteiger partial charge in [0.05, 0.1) is 17.3 Å². The molecule has 0 aromatic heterocycles.